The van der Waals surface area contributed by atoms with Crippen molar-refractivity contribution in [1.29, 1.82) is 0 Å². The van der Waals surface area contributed by atoms with Gasteiger partial charge in [-0.15, -0.1) is 0 Å². The van der Waals surface area contributed by atoms with Crippen LogP contribution in [0.5, 0.6) is 0 Å². The van der Waals surface area contributed by atoms with Crippen LogP contribution in [0, 0.1) is 17.6 Å². The highest BCUT2D eigenvalue weighted by Crippen LogP contribution is 2.32. The second-order valence-electron chi connectivity index (χ2n) is 6.07. The molecule has 0 aromatic heterocycles. The molecule has 1 saturated heterocycles. The predicted octanol–water partition coefficient (Wildman–Crippen LogP) is 2.61. The van der Waals surface area contributed by atoms with Crippen molar-refractivity contribution < 1.29 is 18.3 Å². The number of nitrogens with one attached hydrogen (secondary N) is 1. The van der Waals surface area contributed by atoms with Crippen LogP contribution in [-0.2, 0) is 9.53 Å². The quantitative estimate of drug-likeness (QED) is 0.848. The summed E-state index contributed by atoms with van der Waals surface area (Å²) >= 11 is 0. The predicted molar refractivity (Wildman–Crippen MR) is 71.3 cm³/mol. The molecule has 1 heterocycles. The van der Waals surface area contributed by atoms with E-state index in [1.165, 1.54) is 12.1 Å². The zero-order valence-electron chi connectivity index (χ0n) is 11.9. The Labute approximate surface area is 117 Å². The van der Waals surface area contributed by atoms with Gasteiger partial charge in [0.15, 0.2) is 0 Å². The highest BCUT2D eigenvalue weighted by molar-refractivity contribution is 5.75. The van der Waals surface area contributed by atoms with E-state index in [9.17, 15) is 13.6 Å². The lowest BCUT2D eigenvalue weighted by atomic mass is 9.88. The van der Waals surface area contributed by atoms with Crippen molar-refractivity contribution >= 4 is 5.97 Å². The van der Waals surface area contributed by atoms with Crippen molar-refractivity contribution in [3.05, 3.63) is 35.4 Å². The fourth-order valence-electron chi connectivity index (χ4n) is 2.43. The Morgan fingerprint density at radius 1 is 1.30 bits per heavy atom. The molecule has 0 radical (unpaired) electrons. The van der Waals surface area contributed by atoms with Gasteiger partial charge < -0.3 is 10.1 Å². The van der Waals surface area contributed by atoms with Crippen LogP contribution < -0.4 is 5.32 Å². The van der Waals surface area contributed by atoms with Gasteiger partial charge in [0.1, 0.15) is 17.2 Å². The number of carbonyl (C=O) groups is 1. The van der Waals surface area contributed by atoms with Gasteiger partial charge >= 0.3 is 5.97 Å². The first-order chi connectivity index (χ1) is 9.28. The molecule has 1 aromatic rings. The van der Waals surface area contributed by atoms with E-state index in [0.717, 1.165) is 6.07 Å². The lowest BCUT2D eigenvalue weighted by molar-refractivity contribution is -0.159. The fourth-order valence-corrected chi connectivity index (χ4v) is 2.43. The zero-order chi connectivity index (χ0) is 14.9. The second kappa shape index (κ2) is 5.48. The van der Waals surface area contributed by atoms with Crippen LogP contribution in [0.15, 0.2) is 18.2 Å². The summed E-state index contributed by atoms with van der Waals surface area (Å²) in [6, 6.07) is 3.46. The minimum atomic E-state index is -0.619. The third-order valence-corrected chi connectivity index (χ3v) is 3.29. The van der Waals surface area contributed by atoms with Gasteiger partial charge in [-0.1, -0.05) is 6.07 Å². The van der Waals surface area contributed by atoms with Crippen LogP contribution in [0.2, 0.25) is 0 Å². The Morgan fingerprint density at radius 2 is 2.00 bits per heavy atom. The third kappa shape index (κ3) is 3.33. The van der Waals surface area contributed by atoms with E-state index in [4.69, 9.17) is 4.74 Å². The average molecular weight is 283 g/mol. The number of halogens is 2. The molecule has 1 fully saturated rings. The van der Waals surface area contributed by atoms with Gasteiger partial charge in [0, 0.05) is 25.1 Å². The SMILES string of the molecule is CC(C)(C)OC(=O)[C@@H]1CNC[C@H]1c1ccc(F)cc1F. The summed E-state index contributed by atoms with van der Waals surface area (Å²) in [7, 11) is 0. The molecule has 0 aliphatic carbocycles. The van der Waals surface area contributed by atoms with Crippen molar-refractivity contribution in [3.63, 3.8) is 0 Å². The Balaban J connectivity index is 2.21. The standard InChI is InChI=1S/C15H19F2NO2/c1-15(2,3)20-14(19)12-8-18-7-11(12)10-5-4-9(16)6-13(10)17/h4-6,11-12,18H,7-8H2,1-3H3/t11-,12+/m0/s1. The van der Waals surface area contributed by atoms with E-state index in [0.29, 0.717) is 18.7 Å². The number of benzene rings is 1. The van der Waals surface area contributed by atoms with Crippen LogP contribution >= 0.6 is 0 Å². The highest BCUT2D eigenvalue weighted by atomic mass is 19.1. The number of rotatable bonds is 2. The average Bonchev–Trinajstić information content (AvgIpc) is 2.75. The van der Waals surface area contributed by atoms with Gasteiger partial charge in [-0.2, -0.15) is 0 Å². The zero-order valence-corrected chi connectivity index (χ0v) is 11.9. The molecule has 0 saturated carbocycles. The molecule has 1 aliphatic rings. The molecule has 1 N–H and O–H groups in total. The minimum absolute atomic E-state index is 0.328. The largest absolute Gasteiger partial charge is 0.460 e. The molecule has 5 heteroatoms. The van der Waals surface area contributed by atoms with Crippen molar-refractivity contribution in [2.75, 3.05) is 13.1 Å². The Morgan fingerprint density at radius 3 is 2.60 bits per heavy atom. The van der Waals surface area contributed by atoms with E-state index in [1.54, 1.807) is 20.8 Å². The summed E-state index contributed by atoms with van der Waals surface area (Å²) in [5, 5.41) is 3.07. The number of hydrogen-bond donors (Lipinski definition) is 1. The summed E-state index contributed by atoms with van der Waals surface area (Å²) in [6.07, 6.45) is 0. The molecule has 1 aromatic carbocycles. The molecule has 2 rings (SSSR count). The number of esters is 1. The molecule has 0 bridgehead atoms. The van der Waals surface area contributed by atoms with Gasteiger partial charge in [-0.3, -0.25) is 4.79 Å². The first-order valence-electron chi connectivity index (χ1n) is 6.66. The normalized spacial score (nSPS) is 22.9. The summed E-state index contributed by atoms with van der Waals surface area (Å²) in [5.41, 5.74) is -0.224. The van der Waals surface area contributed by atoms with Crippen LogP contribution in [0.4, 0.5) is 8.78 Å². The van der Waals surface area contributed by atoms with E-state index in [2.05, 4.69) is 5.32 Å². The van der Waals surface area contributed by atoms with E-state index in [1.807, 2.05) is 0 Å². The smallest absolute Gasteiger partial charge is 0.311 e. The number of hydrogen-bond acceptors (Lipinski definition) is 3. The molecule has 3 nitrogen and oxygen atoms in total. The summed E-state index contributed by atoms with van der Waals surface area (Å²) < 4.78 is 32.2. The summed E-state index contributed by atoms with van der Waals surface area (Å²) in [5.74, 6) is -2.37. The van der Waals surface area contributed by atoms with Crippen LogP contribution in [0.25, 0.3) is 0 Å². The maximum Gasteiger partial charge on any atom is 0.311 e. The van der Waals surface area contributed by atoms with Gasteiger partial charge in [-0.25, -0.2) is 8.78 Å². The molecule has 0 spiro atoms. The maximum atomic E-state index is 13.9. The van der Waals surface area contributed by atoms with Gasteiger partial charge in [-0.05, 0) is 32.4 Å². The molecule has 0 unspecified atom stereocenters. The van der Waals surface area contributed by atoms with Gasteiger partial charge in [0.25, 0.3) is 0 Å². The summed E-state index contributed by atoms with van der Waals surface area (Å²) in [6.45, 7) is 6.30. The van der Waals surface area contributed by atoms with Crippen molar-refractivity contribution in [1.82, 2.24) is 5.32 Å². The topological polar surface area (TPSA) is 38.3 Å². The Bertz CT molecular complexity index is 511. The molecular formula is C15H19F2NO2. The second-order valence-corrected chi connectivity index (χ2v) is 6.07. The van der Waals surface area contributed by atoms with Crippen LogP contribution in [0.1, 0.15) is 32.3 Å². The van der Waals surface area contributed by atoms with Crippen molar-refractivity contribution in [2.24, 2.45) is 5.92 Å². The molecule has 1 aliphatic heterocycles. The van der Waals surface area contributed by atoms with Gasteiger partial charge in [0.2, 0.25) is 0 Å². The third-order valence-electron chi connectivity index (χ3n) is 3.29. The molecule has 0 amide bonds. The molecule has 110 valence electrons. The lowest BCUT2D eigenvalue weighted by Crippen LogP contribution is -2.32. The molecule has 2 atom stereocenters. The number of ether oxygens (including phenoxy) is 1. The first-order valence-corrected chi connectivity index (χ1v) is 6.66. The van der Waals surface area contributed by atoms with Crippen LogP contribution in [-0.4, -0.2) is 24.7 Å². The highest BCUT2D eigenvalue weighted by Gasteiger charge is 2.38. The molecular weight excluding hydrogens is 264 g/mol. The number of carbonyl (C=O) groups excluding carboxylic acids is 1. The van der Waals surface area contributed by atoms with E-state index in [-0.39, 0.29) is 11.9 Å². The summed E-state index contributed by atoms with van der Waals surface area (Å²) in [4.78, 5) is 12.2. The van der Waals surface area contributed by atoms with E-state index < -0.39 is 23.2 Å². The first kappa shape index (κ1) is 14.9. The van der Waals surface area contributed by atoms with Crippen molar-refractivity contribution in [2.45, 2.75) is 32.3 Å². The Hall–Kier alpha value is -1.49. The monoisotopic (exact) mass is 283 g/mol. The fraction of sp³-hybridized carbons (Fsp3) is 0.533. The van der Waals surface area contributed by atoms with E-state index >= 15 is 0 Å². The lowest BCUT2D eigenvalue weighted by Gasteiger charge is -2.24. The molecule has 20 heavy (non-hydrogen) atoms. The van der Waals surface area contributed by atoms with Crippen molar-refractivity contribution in [3.8, 4) is 0 Å². The Kier molecular flexibility index (Phi) is 4.09. The van der Waals surface area contributed by atoms with Gasteiger partial charge in [0.05, 0.1) is 5.92 Å². The minimum Gasteiger partial charge on any atom is -0.460 e. The van der Waals surface area contributed by atoms with Crippen LogP contribution in [0.3, 0.4) is 0 Å². The maximum absolute atomic E-state index is 13.9.